The summed E-state index contributed by atoms with van der Waals surface area (Å²) in [5.41, 5.74) is 9.94. The van der Waals surface area contributed by atoms with Crippen LogP contribution in [0.1, 0.15) is 0 Å². The van der Waals surface area contributed by atoms with E-state index in [2.05, 4.69) is 169 Å². The van der Waals surface area contributed by atoms with Crippen molar-refractivity contribution in [2.24, 2.45) is 11.8 Å². The molecule has 2 atom stereocenters. The van der Waals surface area contributed by atoms with Crippen LogP contribution in [0.4, 0.5) is 11.4 Å². The molecule has 9 rings (SSSR count). The first-order chi connectivity index (χ1) is 22.8. The number of hydrogen-bond donors (Lipinski definition) is 0. The summed E-state index contributed by atoms with van der Waals surface area (Å²) in [5, 5.41) is 4.69. The third-order valence-electron chi connectivity index (χ3n) is 9.38. The Kier molecular flexibility index (Phi) is 6.31. The first-order valence-electron chi connectivity index (χ1n) is 15.9. The minimum Gasteiger partial charge on any atom is -0.456 e. The molecule has 7 aromatic rings. The lowest BCUT2D eigenvalue weighted by Crippen LogP contribution is -2.21. The normalized spacial score (nSPS) is 17.0. The van der Waals surface area contributed by atoms with Crippen LogP contribution in [0.5, 0.6) is 0 Å². The maximum Gasteiger partial charge on any atom is 0.136 e. The SMILES string of the molecule is C1=CC2C=CC(N(c3ccc(-c4ccccc4)cc3)c3ccc4ccccc4c3-c3ccc4c(c3)oc3ccccc34)=CC2C=C1. The van der Waals surface area contributed by atoms with E-state index in [-0.39, 0.29) is 0 Å². The molecule has 1 heterocycles. The standard InChI is InChI=1S/C44H31NO/c1-2-10-30(11-3-1)32-18-23-36(24-19-32)45(37-25-20-31-12-4-5-14-34(31)28-37)41-27-22-33-13-6-7-15-38(33)44(41)35-21-26-40-39-16-8-9-17-42(39)46-43(40)29-35/h1-29,31,34H. The molecule has 0 bridgehead atoms. The second kappa shape index (κ2) is 10.9. The van der Waals surface area contributed by atoms with E-state index in [1.807, 2.05) is 12.1 Å². The van der Waals surface area contributed by atoms with E-state index in [4.69, 9.17) is 4.42 Å². The van der Waals surface area contributed by atoms with E-state index in [1.54, 1.807) is 0 Å². The zero-order chi connectivity index (χ0) is 30.5. The topological polar surface area (TPSA) is 16.4 Å². The Morgan fingerprint density at radius 1 is 0.500 bits per heavy atom. The third-order valence-corrected chi connectivity index (χ3v) is 9.38. The van der Waals surface area contributed by atoms with Gasteiger partial charge in [-0.2, -0.15) is 0 Å². The van der Waals surface area contributed by atoms with Gasteiger partial charge in [-0.25, -0.2) is 0 Å². The van der Waals surface area contributed by atoms with Crippen molar-refractivity contribution in [2.45, 2.75) is 0 Å². The Hall–Kier alpha value is -5.86. The van der Waals surface area contributed by atoms with Gasteiger partial charge in [0.15, 0.2) is 0 Å². The van der Waals surface area contributed by atoms with E-state index in [1.165, 1.54) is 27.5 Å². The summed E-state index contributed by atoms with van der Waals surface area (Å²) in [4.78, 5) is 2.43. The predicted octanol–water partition coefficient (Wildman–Crippen LogP) is 12.0. The Balaban J connectivity index is 1.27. The molecule has 0 amide bonds. The number of furan rings is 1. The molecule has 0 spiro atoms. The van der Waals surface area contributed by atoms with E-state index >= 15 is 0 Å². The molecule has 2 aliphatic carbocycles. The number of para-hydroxylation sites is 1. The van der Waals surface area contributed by atoms with Crippen molar-refractivity contribution in [3.63, 3.8) is 0 Å². The van der Waals surface area contributed by atoms with Gasteiger partial charge in [-0.3, -0.25) is 0 Å². The van der Waals surface area contributed by atoms with Crippen LogP contribution in [0, 0.1) is 11.8 Å². The summed E-state index contributed by atoms with van der Waals surface area (Å²) >= 11 is 0. The second-order valence-electron chi connectivity index (χ2n) is 12.1. The van der Waals surface area contributed by atoms with Crippen molar-refractivity contribution < 1.29 is 4.42 Å². The van der Waals surface area contributed by atoms with Crippen LogP contribution in [-0.2, 0) is 0 Å². The summed E-state index contributed by atoms with van der Waals surface area (Å²) in [6.45, 7) is 0. The second-order valence-corrected chi connectivity index (χ2v) is 12.1. The number of hydrogen-bond acceptors (Lipinski definition) is 2. The number of allylic oxidation sites excluding steroid dienone is 7. The zero-order valence-electron chi connectivity index (χ0n) is 25.3. The van der Waals surface area contributed by atoms with Gasteiger partial charge in [0.2, 0.25) is 0 Å². The smallest absolute Gasteiger partial charge is 0.136 e. The van der Waals surface area contributed by atoms with Crippen molar-refractivity contribution in [3.05, 3.63) is 182 Å². The number of rotatable bonds is 5. The van der Waals surface area contributed by atoms with E-state index < -0.39 is 0 Å². The van der Waals surface area contributed by atoms with Gasteiger partial charge in [-0.15, -0.1) is 0 Å². The van der Waals surface area contributed by atoms with E-state index in [0.29, 0.717) is 11.8 Å². The average molecular weight is 590 g/mol. The van der Waals surface area contributed by atoms with Crippen molar-refractivity contribution >= 4 is 44.1 Å². The summed E-state index contributed by atoms with van der Waals surface area (Å²) in [6.07, 6.45) is 16.0. The van der Waals surface area contributed by atoms with Crippen molar-refractivity contribution in [1.29, 1.82) is 0 Å². The highest BCUT2D eigenvalue weighted by Crippen LogP contribution is 2.45. The van der Waals surface area contributed by atoms with Gasteiger partial charge in [0.05, 0.1) is 5.69 Å². The van der Waals surface area contributed by atoms with Gasteiger partial charge in [0.1, 0.15) is 11.2 Å². The lowest BCUT2D eigenvalue weighted by Gasteiger charge is -2.33. The Morgan fingerprint density at radius 3 is 2.07 bits per heavy atom. The van der Waals surface area contributed by atoms with Crippen LogP contribution in [0.25, 0.3) is 55.0 Å². The molecule has 0 aliphatic heterocycles. The Morgan fingerprint density at radius 2 is 1.20 bits per heavy atom. The monoisotopic (exact) mass is 589 g/mol. The van der Waals surface area contributed by atoms with Gasteiger partial charge in [0.25, 0.3) is 0 Å². The highest BCUT2D eigenvalue weighted by molar-refractivity contribution is 6.09. The maximum atomic E-state index is 6.39. The Bertz CT molecular complexity index is 2370. The average Bonchev–Trinajstić information content (AvgIpc) is 3.50. The third kappa shape index (κ3) is 4.50. The number of benzene rings is 6. The summed E-state index contributed by atoms with van der Waals surface area (Å²) in [5.74, 6) is 0.689. The van der Waals surface area contributed by atoms with Crippen molar-refractivity contribution in [1.82, 2.24) is 0 Å². The molecule has 2 nitrogen and oxygen atoms in total. The number of nitrogens with zero attached hydrogens (tertiary/aromatic N) is 1. The Labute approximate surface area is 268 Å². The van der Waals surface area contributed by atoms with Crippen molar-refractivity contribution in [3.8, 4) is 22.3 Å². The van der Waals surface area contributed by atoms with Gasteiger partial charge < -0.3 is 9.32 Å². The minimum atomic E-state index is 0.312. The highest BCUT2D eigenvalue weighted by Gasteiger charge is 2.25. The first-order valence-corrected chi connectivity index (χ1v) is 15.9. The fourth-order valence-corrected chi connectivity index (χ4v) is 7.10. The molecule has 0 fully saturated rings. The predicted molar refractivity (Wildman–Crippen MR) is 193 cm³/mol. The molecular weight excluding hydrogens is 558 g/mol. The van der Waals surface area contributed by atoms with Gasteiger partial charge >= 0.3 is 0 Å². The maximum absolute atomic E-state index is 6.39. The lowest BCUT2D eigenvalue weighted by molar-refractivity contribution is 0.653. The number of anilines is 2. The molecule has 218 valence electrons. The minimum absolute atomic E-state index is 0.312. The summed E-state index contributed by atoms with van der Waals surface area (Å²) < 4.78 is 6.39. The summed E-state index contributed by atoms with van der Waals surface area (Å²) in [7, 11) is 0. The van der Waals surface area contributed by atoms with Crippen LogP contribution in [0.15, 0.2) is 186 Å². The molecule has 0 saturated carbocycles. The van der Waals surface area contributed by atoms with Gasteiger partial charge in [-0.05, 0) is 69.9 Å². The highest BCUT2D eigenvalue weighted by atomic mass is 16.3. The van der Waals surface area contributed by atoms with Crippen LogP contribution >= 0.6 is 0 Å². The number of fused-ring (bicyclic) bond motifs is 5. The largest absolute Gasteiger partial charge is 0.456 e. The molecule has 2 aliphatic rings. The van der Waals surface area contributed by atoms with Crippen LogP contribution in [0.3, 0.4) is 0 Å². The van der Waals surface area contributed by atoms with Gasteiger partial charge in [0, 0.05) is 39.6 Å². The van der Waals surface area contributed by atoms with Gasteiger partial charge in [-0.1, -0.05) is 134 Å². The molecule has 1 aromatic heterocycles. The molecule has 2 heteroatoms. The van der Waals surface area contributed by atoms with Crippen molar-refractivity contribution in [2.75, 3.05) is 4.90 Å². The molecule has 6 aromatic carbocycles. The molecule has 46 heavy (non-hydrogen) atoms. The lowest BCUT2D eigenvalue weighted by atomic mass is 9.84. The molecular formula is C44H31NO. The first kappa shape index (κ1) is 26.5. The summed E-state index contributed by atoms with van der Waals surface area (Å²) in [6, 6.07) is 47.7. The van der Waals surface area contributed by atoms with Crippen LogP contribution in [0.2, 0.25) is 0 Å². The van der Waals surface area contributed by atoms with E-state index in [9.17, 15) is 0 Å². The molecule has 0 saturated heterocycles. The molecule has 0 radical (unpaired) electrons. The molecule has 0 N–H and O–H groups in total. The van der Waals surface area contributed by atoms with Crippen LogP contribution < -0.4 is 4.90 Å². The fraction of sp³-hybridized carbons (Fsp3) is 0.0455. The van der Waals surface area contributed by atoms with E-state index in [0.717, 1.165) is 44.6 Å². The quantitative estimate of drug-likeness (QED) is 0.199. The zero-order valence-corrected chi connectivity index (χ0v) is 25.3. The van der Waals surface area contributed by atoms with Crippen LogP contribution in [-0.4, -0.2) is 0 Å². The molecule has 2 unspecified atom stereocenters. The fourth-order valence-electron chi connectivity index (χ4n) is 7.10.